The molecule has 7 heteroatoms. The lowest BCUT2D eigenvalue weighted by Crippen LogP contribution is -2.47. The van der Waals surface area contributed by atoms with Gasteiger partial charge in [0.05, 0.1) is 5.92 Å². The third-order valence-corrected chi connectivity index (χ3v) is 5.88. The van der Waals surface area contributed by atoms with Crippen LogP contribution < -0.4 is 10.6 Å². The molecule has 0 unspecified atom stereocenters. The van der Waals surface area contributed by atoms with Crippen molar-refractivity contribution < 1.29 is 9.59 Å². The predicted octanol–water partition coefficient (Wildman–Crippen LogP) is 3.88. The molecule has 32 heavy (non-hydrogen) atoms. The van der Waals surface area contributed by atoms with Crippen molar-refractivity contribution in [1.82, 2.24) is 19.8 Å². The van der Waals surface area contributed by atoms with E-state index >= 15 is 0 Å². The molecule has 3 aromatic rings. The molecule has 2 N–H and O–H groups in total. The van der Waals surface area contributed by atoms with Gasteiger partial charge in [0.25, 0.3) is 0 Å². The highest BCUT2D eigenvalue weighted by molar-refractivity contribution is 5.90. The van der Waals surface area contributed by atoms with Gasteiger partial charge in [-0.05, 0) is 43.0 Å². The first-order valence-corrected chi connectivity index (χ1v) is 11.0. The van der Waals surface area contributed by atoms with E-state index in [-0.39, 0.29) is 23.9 Å². The summed E-state index contributed by atoms with van der Waals surface area (Å²) in [4.78, 5) is 32.2. The maximum absolute atomic E-state index is 13.3. The van der Waals surface area contributed by atoms with Gasteiger partial charge in [-0.1, -0.05) is 42.5 Å². The average molecular weight is 432 g/mol. The highest BCUT2D eigenvalue weighted by Crippen LogP contribution is 2.23. The van der Waals surface area contributed by atoms with Gasteiger partial charge in [0, 0.05) is 38.2 Å². The first-order chi connectivity index (χ1) is 15.5. The number of rotatable bonds is 5. The van der Waals surface area contributed by atoms with Gasteiger partial charge in [-0.3, -0.25) is 4.79 Å². The number of hydrogen-bond donors (Lipinski definition) is 2. The molecule has 2 atom stereocenters. The molecule has 0 bridgehead atoms. The van der Waals surface area contributed by atoms with Crippen LogP contribution in [0.2, 0.25) is 0 Å². The summed E-state index contributed by atoms with van der Waals surface area (Å²) >= 11 is 0. The Morgan fingerprint density at radius 2 is 1.94 bits per heavy atom. The van der Waals surface area contributed by atoms with Crippen molar-refractivity contribution >= 4 is 17.6 Å². The molecular formula is C25H29N5O2. The van der Waals surface area contributed by atoms with Crippen LogP contribution in [0.1, 0.15) is 35.8 Å². The molecule has 1 saturated heterocycles. The van der Waals surface area contributed by atoms with Crippen LogP contribution in [0.3, 0.4) is 0 Å². The lowest BCUT2D eigenvalue weighted by molar-refractivity contribution is -0.126. The van der Waals surface area contributed by atoms with E-state index in [1.54, 1.807) is 11.1 Å². The van der Waals surface area contributed by atoms with Gasteiger partial charge >= 0.3 is 6.03 Å². The normalized spacial score (nSPS) is 16.9. The number of urea groups is 1. The van der Waals surface area contributed by atoms with Gasteiger partial charge in [0.15, 0.2) is 0 Å². The van der Waals surface area contributed by atoms with Gasteiger partial charge in [0.2, 0.25) is 5.91 Å². The molecule has 2 heterocycles. The molecule has 4 rings (SSSR count). The zero-order valence-corrected chi connectivity index (χ0v) is 18.5. The molecule has 0 spiro atoms. The second kappa shape index (κ2) is 9.68. The van der Waals surface area contributed by atoms with Crippen molar-refractivity contribution in [3.63, 3.8) is 0 Å². The Morgan fingerprint density at radius 3 is 2.66 bits per heavy atom. The zero-order valence-electron chi connectivity index (χ0n) is 18.5. The fourth-order valence-electron chi connectivity index (χ4n) is 4.16. The minimum Gasteiger partial charge on any atom is -0.342 e. The van der Waals surface area contributed by atoms with E-state index in [9.17, 15) is 9.59 Å². The Labute approximate surface area is 188 Å². The summed E-state index contributed by atoms with van der Waals surface area (Å²) in [5.41, 5.74) is 2.82. The van der Waals surface area contributed by atoms with Crippen LogP contribution in [0.25, 0.3) is 0 Å². The Balaban J connectivity index is 1.45. The summed E-state index contributed by atoms with van der Waals surface area (Å²) < 4.78 is 1.92. The molecule has 166 valence electrons. The summed E-state index contributed by atoms with van der Waals surface area (Å²) in [6, 6.07) is 17.0. The summed E-state index contributed by atoms with van der Waals surface area (Å²) in [5.74, 6) is 0.447. The topological polar surface area (TPSA) is 79.3 Å². The van der Waals surface area contributed by atoms with E-state index in [4.69, 9.17) is 0 Å². The molecule has 2 aromatic carbocycles. The zero-order chi connectivity index (χ0) is 22.5. The lowest BCUT2D eigenvalue weighted by atomic mass is 9.96. The van der Waals surface area contributed by atoms with Crippen molar-refractivity contribution in [1.29, 1.82) is 0 Å². The van der Waals surface area contributed by atoms with E-state index in [1.165, 1.54) is 0 Å². The van der Waals surface area contributed by atoms with Crippen molar-refractivity contribution in [3.8, 4) is 0 Å². The summed E-state index contributed by atoms with van der Waals surface area (Å²) in [6.45, 7) is 3.02. The fourth-order valence-corrected chi connectivity index (χ4v) is 4.16. The SMILES string of the molecule is Cc1cccc(NC(=O)N2CCC[C@H](C(=O)N[C@@H](c3ccccc3)c3nccn3C)C2)c1. The van der Waals surface area contributed by atoms with Crippen LogP contribution in [0, 0.1) is 12.8 Å². The molecule has 1 fully saturated rings. The predicted molar refractivity (Wildman–Crippen MR) is 124 cm³/mol. The Hall–Kier alpha value is -3.61. The van der Waals surface area contributed by atoms with Gasteiger partial charge in [-0.2, -0.15) is 0 Å². The second-order valence-corrected chi connectivity index (χ2v) is 8.33. The van der Waals surface area contributed by atoms with Crippen LogP contribution in [-0.2, 0) is 11.8 Å². The minimum absolute atomic E-state index is 0.0603. The molecule has 1 aliphatic heterocycles. The number of aromatic nitrogens is 2. The number of nitrogens with one attached hydrogen (secondary N) is 2. The monoisotopic (exact) mass is 431 g/mol. The van der Waals surface area contributed by atoms with Gasteiger partial charge in [-0.25, -0.2) is 9.78 Å². The number of benzene rings is 2. The second-order valence-electron chi connectivity index (χ2n) is 8.33. The highest BCUT2D eigenvalue weighted by atomic mass is 16.2. The van der Waals surface area contributed by atoms with Gasteiger partial charge in [-0.15, -0.1) is 0 Å². The first-order valence-electron chi connectivity index (χ1n) is 11.0. The fraction of sp³-hybridized carbons (Fsp3) is 0.320. The van der Waals surface area contributed by atoms with Crippen molar-refractivity contribution in [2.24, 2.45) is 13.0 Å². The number of piperidine rings is 1. The van der Waals surface area contributed by atoms with Gasteiger partial charge < -0.3 is 20.1 Å². The number of hydrogen-bond acceptors (Lipinski definition) is 3. The third-order valence-electron chi connectivity index (χ3n) is 5.88. The number of amides is 3. The van der Waals surface area contributed by atoms with Crippen LogP contribution >= 0.6 is 0 Å². The molecule has 0 aliphatic carbocycles. The van der Waals surface area contributed by atoms with E-state index < -0.39 is 0 Å². The lowest BCUT2D eigenvalue weighted by Gasteiger charge is -2.33. The van der Waals surface area contributed by atoms with Crippen LogP contribution in [0.4, 0.5) is 10.5 Å². The van der Waals surface area contributed by atoms with E-state index in [2.05, 4.69) is 15.6 Å². The molecule has 1 aromatic heterocycles. The maximum Gasteiger partial charge on any atom is 0.321 e. The third kappa shape index (κ3) is 4.99. The first kappa shape index (κ1) is 21.6. The van der Waals surface area contributed by atoms with Crippen molar-refractivity contribution in [2.45, 2.75) is 25.8 Å². The summed E-state index contributed by atoms with van der Waals surface area (Å²) in [7, 11) is 1.92. The highest BCUT2D eigenvalue weighted by Gasteiger charge is 2.31. The van der Waals surface area contributed by atoms with Gasteiger partial charge in [0.1, 0.15) is 11.9 Å². The molecule has 0 saturated carbocycles. The Bertz CT molecular complexity index is 1080. The molecular weight excluding hydrogens is 402 g/mol. The van der Waals surface area contributed by atoms with Crippen LogP contribution in [0.5, 0.6) is 0 Å². The average Bonchev–Trinajstić information content (AvgIpc) is 3.23. The van der Waals surface area contributed by atoms with E-state index in [0.717, 1.165) is 35.5 Å². The minimum atomic E-state index is -0.347. The number of likely N-dealkylation sites (tertiary alicyclic amines) is 1. The molecule has 0 radical (unpaired) electrons. The number of aryl methyl sites for hydroxylation is 2. The Kier molecular flexibility index (Phi) is 6.54. The van der Waals surface area contributed by atoms with Crippen molar-refractivity contribution in [3.05, 3.63) is 83.9 Å². The van der Waals surface area contributed by atoms with E-state index in [0.29, 0.717) is 13.1 Å². The molecule has 1 aliphatic rings. The van der Waals surface area contributed by atoms with Crippen molar-refractivity contribution in [2.75, 3.05) is 18.4 Å². The summed E-state index contributed by atoms with van der Waals surface area (Å²) in [6.07, 6.45) is 5.14. The molecule has 3 amide bonds. The molecule has 7 nitrogen and oxygen atoms in total. The largest absolute Gasteiger partial charge is 0.342 e. The van der Waals surface area contributed by atoms with E-state index in [1.807, 2.05) is 79.3 Å². The number of imidazole rings is 1. The smallest absolute Gasteiger partial charge is 0.321 e. The van der Waals surface area contributed by atoms with Crippen LogP contribution in [0.15, 0.2) is 67.0 Å². The van der Waals surface area contributed by atoms with Crippen LogP contribution in [-0.4, -0.2) is 39.5 Å². The number of anilines is 1. The quantitative estimate of drug-likeness (QED) is 0.644. The summed E-state index contributed by atoms with van der Waals surface area (Å²) in [5, 5.41) is 6.13. The Morgan fingerprint density at radius 1 is 1.12 bits per heavy atom. The number of nitrogens with zero attached hydrogens (tertiary/aromatic N) is 3. The maximum atomic E-state index is 13.3. The number of carbonyl (C=O) groups is 2. The number of carbonyl (C=O) groups excluding carboxylic acids is 2. The standard InChI is InChI=1S/C25H29N5O2/c1-18-8-6-12-21(16-18)27-25(32)30-14-7-11-20(17-30)24(31)28-22(19-9-4-3-5-10-19)23-26-13-15-29(23)2/h3-6,8-10,12-13,15-16,20,22H,7,11,14,17H2,1-2H3,(H,27,32)(H,28,31)/t20-,22-/m0/s1.